The molecule has 2 aromatic rings. The van der Waals surface area contributed by atoms with E-state index in [9.17, 15) is 13.5 Å². The molecule has 2 N–H and O–H groups in total. The van der Waals surface area contributed by atoms with Gasteiger partial charge in [0.05, 0.1) is 10.6 Å². The van der Waals surface area contributed by atoms with Gasteiger partial charge >= 0.3 is 0 Å². The van der Waals surface area contributed by atoms with E-state index in [1.807, 2.05) is 30.3 Å². The van der Waals surface area contributed by atoms with Gasteiger partial charge in [-0.1, -0.05) is 42.5 Å². The standard InChI is InChI=1S/C17H21NO3S/c1-22(20,21)17-10-6-5-9-16(17)18-13-15(11-12-19)14-7-3-2-4-8-14/h2-10,15,18-19H,11-13H2,1H3. The lowest BCUT2D eigenvalue weighted by molar-refractivity contribution is 0.277. The molecular weight excluding hydrogens is 298 g/mol. The Morgan fingerprint density at radius 3 is 2.32 bits per heavy atom. The summed E-state index contributed by atoms with van der Waals surface area (Å²) in [6, 6.07) is 16.8. The van der Waals surface area contributed by atoms with Crippen molar-refractivity contribution in [3.8, 4) is 0 Å². The van der Waals surface area contributed by atoms with E-state index in [2.05, 4.69) is 5.32 Å². The van der Waals surface area contributed by atoms with Gasteiger partial charge in [-0.25, -0.2) is 8.42 Å². The summed E-state index contributed by atoms with van der Waals surface area (Å²) in [5, 5.41) is 12.5. The quantitative estimate of drug-likeness (QED) is 0.823. The molecule has 0 radical (unpaired) electrons. The Labute approximate surface area is 131 Å². The second-order valence-corrected chi connectivity index (χ2v) is 7.25. The number of aliphatic hydroxyl groups is 1. The number of aliphatic hydroxyl groups excluding tert-OH is 1. The molecule has 2 aromatic carbocycles. The summed E-state index contributed by atoms with van der Waals surface area (Å²) in [6.45, 7) is 0.659. The maximum atomic E-state index is 11.8. The monoisotopic (exact) mass is 319 g/mol. The molecular formula is C17H21NO3S. The van der Waals surface area contributed by atoms with Crippen molar-refractivity contribution in [2.24, 2.45) is 0 Å². The van der Waals surface area contributed by atoms with Crippen molar-refractivity contribution in [1.82, 2.24) is 0 Å². The fraction of sp³-hybridized carbons (Fsp3) is 0.294. The minimum Gasteiger partial charge on any atom is -0.396 e. The molecule has 0 aromatic heterocycles. The Kier molecular flexibility index (Phi) is 5.57. The van der Waals surface area contributed by atoms with Crippen LogP contribution in [-0.2, 0) is 9.84 Å². The molecule has 2 rings (SSSR count). The third kappa shape index (κ3) is 4.32. The number of rotatable bonds is 7. The van der Waals surface area contributed by atoms with E-state index >= 15 is 0 Å². The molecule has 22 heavy (non-hydrogen) atoms. The molecule has 0 aliphatic carbocycles. The van der Waals surface area contributed by atoms with Crippen LogP contribution in [0, 0.1) is 0 Å². The summed E-state index contributed by atoms with van der Waals surface area (Å²) < 4.78 is 23.6. The molecule has 5 heteroatoms. The second-order valence-electron chi connectivity index (χ2n) is 5.27. The van der Waals surface area contributed by atoms with Crippen molar-refractivity contribution in [2.45, 2.75) is 17.2 Å². The van der Waals surface area contributed by atoms with Gasteiger partial charge in [0.1, 0.15) is 0 Å². The molecule has 4 nitrogen and oxygen atoms in total. The number of anilines is 1. The van der Waals surface area contributed by atoms with Gasteiger partial charge in [0, 0.05) is 25.3 Å². The largest absolute Gasteiger partial charge is 0.396 e. The molecule has 1 atom stereocenters. The van der Waals surface area contributed by atoms with E-state index in [4.69, 9.17) is 0 Å². The predicted molar refractivity (Wildman–Crippen MR) is 88.9 cm³/mol. The zero-order chi connectivity index (χ0) is 16.0. The van der Waals surface area contributed by atoms with Crippen LogP contribution < -0.4 is 5.32 Å². The van der Waals surface area contributed by atoms with Crippen molar-refractivity contribution < 1.29 is 13.5 Å². The van der Waals surface area contributed by atoms with Crippen molar-refractivity contribution in [3.05, 3.63) is 60.2 Å². The minimum absolute atomic E-state index is 0.0922. The number of para-hydroxylation sites is 1. The van der Waals surface area contributed by atoms with Crippen LogP contribution in [0.1, 0.15) is 17.9 Å². The summed E-state index contributed by atoms with van der Waals surface area (Å²) in [7, 11) is -3.27. The highest BCUT2D eigenvalue weighted by atomic mass is 32.2. The molecule has 0 bridgehead atoms. The van der Waals surface area contributed by atoms with Gasteiger partial charge in [-0.15, -0.1) is 0 Å². The van der Waals surface area contributed by atoms with Crippen molar-refractivity contribution >= 4 is 15.5 Å². The first-order chi connectivity index (χ1) is 10.5. The number of hydrogen-bond acceptors (Lipinski definition) is 4. The molecule has 0 aliphatic heterocycles. The lowest BCUT2D eigenvalue weighted by Gasteiger charge is -2.19. The van der Waals surface area contributed by atoms with Gasteiger partial charge in [0.2, 0.25) is 0 Å². The van der Waals surface area contributed by atoms with Gasteiger partial charge in [-0.05, 0) is 24.1 Å². The fourth-order valence-electron chi connectivity index (χ4n) is 2.44. The first-order valence-corrected chi connectivity index (χ1v) is 9.10. The van der Waals surface area contributed by atoms with Gasteiger partial charge in [0.25, 0.3) is 0 Å². The van der Waals surface area contributed by atoms with Gasteiger partial charge in [-0.3, -0.25) is 0 Å². The van der Waals surface area contributed by atoms with E-state index in [0.29, 0.717) is 23.5 Å². The zero-order valence-electron chi connectivity index (χ0n) is 12.6. The molecule has 0 heterocycles. The highest BCUT2D eigenvalue weighted by Crippen LogP contribution is 2.24. The molecule has 0 spiro atoms. The molecule has 0 aliphatic rings. The van der Waals surface area contributed by atoms with Crippen LogP contribution >= 0.6 is 0 Å². The Hall–Kier alpha value is -1.85. The summed E-state index contributed by atoms with van der Waals surface area (Å²) in [5.74, 6) is 0.124. The third-order valence-electron chi connectivity index (χ3n) is 3.57. The highest BCUT2D eigenvalue weighted by molar-refractivity contribution is 7.90. The normalized spacial score (nSPS) is 12.8. The molecule has 1 unspecified atom stereocenters. The smallest absolute Gasteiger partial charge is 0.177 e. The molecule has 0 saturated heterocycles. The lowest BCUT2D eigenvalue weighted by Crippen LogP contribution is -2.15. The number of hydrogen-bond donors (Lipinski definition) is 2. The maximum absolute atomic E-state index is 11.8. The Balaban J connectivity index is 2.17. The molecule has 0 saturated carbocycles. The van der Waals surface area contributed by atoms with Gasteiger partial charge < -0.3 is 10.4 Å². The predicted octanol–water partition coefficient (Wildman–Crippen LogP) is 2.67. The van der Waals surface area contributed by atoms with Crippen LogP contribution in [0.15, 0.2) is 59.5 Å². The van der Waals surface area contributed by atoms with E-state index in [0.717, 1.165) is 5.56 Å². The molecule has 0 fully saturated rings. The topological polar surface area (TPSA) is 66.4 Å². The van der Waals surface area contributed by atoms with Crippen LogP contribution in [0.2, 0.25) is 0 Å². The summed E-state index contributed by atoms with van der Waals surface area (Å²) in [5.41, 5.74) is 1.73. The third-order valence-corrected chi connectivity index (χ3v) is 4.73. The summed E-state index contributed by atoms with van der Waals surface area (Å²) in [4.78, 5) is 0.297. The van der Waals surface area contributed by atoms with Gasteiger partial charge in [0.15, 0.2) is 9.84 Å². The van der Waals surface area contributed by atoms with Crippen LogP contribution in [0.25, 0.3) is 0 Å². The first kappa shape index (κ1) is 16.5. The number of benzene rings is 2. The highest BCUT2D eigenvalue weighted by Gasteiger charge is 2.15. The number of nitrogens with one attached hydrogen (secondary N) is 1. The summed E-state index contributed by atoms with van der Waals surface area (Å²) >= 11 is 0. The average Bonchev–Trinajstić information content (AvgIpc) is 2.51. The summed E-state index contributed by atoms with van der Waals surface area (Å²) in [6.07, 6.45) is 1.83. The van der Waals surface area contributed by atoms with Crippen molar-refractivity contribution in [3.63, 3.8) is 0 Å². The van der Waals surface area contributed by atoms with Gasteiger partial charge in [-0.2, -0.15) is 0 Å². The SMILES string of the molecule is CS(=O)(=O)c1ccccc1NCC(CCO)c1ccccc1. The van der Waals surface area contributed by atoms with Crippen LogP contribution in [0.4, 0.5) is 5.69 Å². The van der Waals surface area contributed by atoms with E-state index in [1.54, 1.807) is 24.3 Å². The van der Waals surface area contributed by atoms with Crippen molar-refractivity contribution in [1.29, 1.82) is 0 Å². The molecule has 118 valence electrons. The molecule has 0 amide bonds. The Morgan fingerprint density at radius 1 is 1.05 bits per heavy atom. The van der Waals surface area contributed by atoms with E-state index in [1.165, 1.54) is 6.26 Å². The van der Waals surface area contributed by atoms with Crippen LogP contribution in [0.3, 0.4) is 0 Å². The van der Waals surface area contributed by atoms with E-state index < -0.39 is 9.84 Å². The number of sulfone groups is 1. The Morgan fingerprint density at radius 2 is 1.68 bits per heavy atom. The lowest BCUT2D eigenvalue weighted by atomic mass is 9.96. The minimum atomic E-state index is -3.27. The van der Waals surface area contributed by atoms with E-state index in [-0.39, 0.29) is 12.5 Å². The second kappa shape index (κ2) is 7.42. The van der Waals surface area contributed by atoms with Crippen LogP contribution in [0.5, 0.6) is 0 Å². The maximum Gasteiger partial charge on any atom is 0.177 e. The van der Waals surface area contributed by atoms with Crippen molar-refractivity contribution in [2.75, 3.05) is 24.7 Å². The van der Waals surface area contributed by atoms with Crippen LogP contribution in [-0.4, -0.2) is 32.9 Å². The average molecular weight is 319 g/mol. The zero-order valence-corrected chi connectivity index (χ0v) is 13.4. The Bertz CT molecular complexity index is 699. The fourth-order valence-corrected chi connectivity index (χ4v) is 3.30. The first-order valence-electron chi connectivity index (χ1n) is 7.21.